The highest BCUT2D eigenvalue weighted by Gasteiger charge is 2.26. The van der Waals surface area contributed by atoms with E-state index in [-0.39, 0.29) is 24.3 Å². The molecule has 6 nitrogen and oxygen atoms in total. The summed E-state index contributed by atoms with van der Waals surface area (Å²) < 4.78 is 12.3. The van der Waals surface area contributed by atoms with Gasteiger partial charge in [0, 0.05) is 23.5 Å². The molecular formula is C26H35BrN2O4. The SMILES string of the molecule is CCOc1ccc(CCC(=O)N(Cc2cccc(Br)c2)[C@H](C)C(=O)NC(C)C)cc1OCC. The first-order valence-corrected chi connectivity index (χ1v) is 12.3. The molecule has 2 amide bonds. The second-order valence-electron chi connectivity index (χ2n) is 8.14. The first kappa shape index (κ1) is 26.7. The molecule has 0 aliphatic carbocycles. The van der Waals surface area contributed by atoms with Gasteiger partial charge in [0.25, 0.3) is 0 Å². The fourth-order valence-electron chi connectivity index (χ4n) is 3.47. The van der Waals surface area contributed by atoms with Crippen LogP contribution < -0.4 is 14.8 Å². The van der Waals surface area contributed by atoms with Gasteiger partial charge in [0.1, 0.15) is 6.04 Å². The Balaban J connectivity index is 2.18. The molecule has 0 aliphatic heterocycles. The summed E-state index contributed by atoms with van der Waals surface area (Å²) in [5.74, 6) is 1.14. The molecule has 0 aromatic heterocycles. The summed E-state index contributed by atoms with van der Waals surface area (Å²) in [6.45, 7) is 10.9. The Bertz CT molecular complexity index is 932. The molecule has 0 spiro atoms. The second-order valence-corrected chi connectivity index (χ2v) is 9.05. The van der Waals surface area contributed by atoms with Gasteiger partial charge >= 0.3 is 0 Å². The largest absolute Gasteiger partial charge is 0.490 e. The van der Waals surface area contributed by atoms with Crippen LogP contribution in [-0.2, 0) is 22.6 Å². The molecule has 1 atom stereocenters. The van der Waals surface area contributed by atoms with Crippen molar-refractivity contribution in [3.63, 3.8) is 0 Å². The Labute approximate surface area is 205 Å². The minimum absolute atomic E-state index is 0.00335. The zero-order chi connectivity index (χ0) is 24.4. The molecule has 1 N–H and O–H groups in total. The highest BCUT2D eigenvalue weighted by Crippen LogP contribution is 2.29. The average Bonchev–Trinajstić information content (AvgIpc) is 2.76. The Morgan fingerprint density at radius 2 is 1.67 bits per heavy atom. The third-order valence-electron chi connectivity index (χ3n) is 5.08. The highest BCUT2D eigenvalue weighted by atomic mass is 79.9. The van der Waals surface area contributed by atoms with Gasteiger partial charge in [0.15, 0.2) is 11.5 Å². The van der Waals surface area contributed by atoms with Crippen molar-refractivity contribution in [3.8, 4) is 11.5 Å². The number of aryl methyl sites for hydroxylation is 1. The van der Waals surface area contributed by atoms with Gasteiger partial charge in [-0.2, -0.15) is 0 Å². The quantitative estimate of drug-likeness (QED) is 0.423. The van der Waals surface area contributed by atoms with E-state index < -0.39 is 6.04 Å². The zero-order valence-electron chi connectivity index (χ0n) is 20.2. The maximum atomic E-state index is 13.3. The first-order valence-electron chi connectivity index (χ1n) is 11.5. The molecule has 2 aromatic carbocycles. The normalized spacial score (nSPS) is 11.7. The molecule has 0 fully saturated rings. The zero-order valence-corrected chi connectivity index (χ0v) is 21.8. The number of halogens is 1. The van der Waals surface area contributed by atoms with Crippen molar-refractivity contribution in [1.82, 2.24) is 10.2 Å². The maximum absolute atomic E-state index is 13.3. The topological polar surface area (TPSA) is 67.9 Å². The number of carbonyl (C=O) groups is 2. The Morgan fingerprint density at radius 1 is 0.970 bits per heavy atom. The fourth-order valence-corrected chi connectivity index (χ4v) is 3.91. The van der Waals surface area contributed by atoms with Gasteiger partial charge in [-0.15, -0.1) is 0 Å². The molecule has 2 rings (SSSR count). The molecule has 180 valence electrons. The van der Waals surface area contributed by atoms with Crippen LogP contribution in [0.4, 0.5) is 0 Å². The number of nitrogens with one attached hydrogen (secondary N) is 1. The van der Waals surface area contributed by atoms with Crippen molar-refractivity contribution < 1.29 is 19.1 Å². The van der Waals surface area contributed by atoms with E-state index in [4.69, 9.17) is 9.47 Å². The molecule has 0 heterocycles. The van der Waals surface area contributed by atoms with Crippen LogP contribution in [-0.4, -0.2) is 42.0 Å². The summed E-state index contributed by atoms with van der Waals surface area (Å²) in [7, 11) is 0. The Hall–Kier alpha value is -2.54. The molecule has 0 saturated carbocycles. The molecule has 0 aliphatic rings. The van der Waals surface area contributed by atoms with E-state index >= 15 is 0 Å². The molecule has 2 aromatic rings. The third kappa shape index (κ3) is 8.39. The third-order valence-corrected chi connectivity index (χ3v) is 5.57. The summed E-state index contributed by atoms with van der Waals surface area (Å²) in [5, 5.41) is 2.92. The lowest BCUT2D eigenvalue weighted by atomic mass is 10.1. The molecule has 0 saturated heterocycles. The van der Waals surface area contributed by atoms with E-state index in [9.17, 15) is 9.59 Å². The number of benzene rings is 2. The van der Waals surface area contributed by atoms with Gasteiger partial charge in [-0.05, 0) is 76.4 Å². The van der Waals surface area contributed by atoms with Crippen LogP contribution in [0.2, 0.25) is 0 Å². The second kappa shape index (κ2) is 13.2. The lowest BCUT2D eigenvalue weighted by molar-refractivity contribution is -0.140. The minimum Gasteiger partial charge on any atom is -0.490 e. The molecule has 7 heteroatoms. The molecule has 0 bridgehead atoms. The lowest BCUT2D eigenvalue weighted by Gasteiger charge is -2.29. The monoisotopic (exact) mass is 518 g/mol. The van der Waals surface area contributed by atoms with Crippen LogP contribution in [0.3, 0.4) is 0 Å². The van der Waals surface area contributed by atoms with Gasteiger partial charge in [0.2, 0.25) is 11.8 Å². The van der Waals surface area contributed by atoms with Crippen molar-refractivity contribution in [2.45, 2.75) is 66.1 Å². The van der Waals surface area contributed by atoms with Crippen LogP contribution in [0.25, 0.3) is 0 Å². The van der Waals surface area contributed by atoms with Crippen molar-refractivity contribution in [2.75, 3.05) is 13.2 Å². The van der Waals surface area contributed by atoms with Gasteiger partial charge in [-0.1, -0.05) is 34.1 Å². The molecule has 33 heavy (non-hydrogen) atoms. The van der Waals surface area contributed by atoms with Gasteiger partial charge in [0.05, 0.1) is 13.2 Å². The highest BCUT2D eigenvalue weighted by molar-refractivity contribution is 9.10. The maximum Gasteiger partial charge on any atom is 0.242 e. The van der Waals surface area contributed by atoms with Gasteiger partial charge in [-0.3, -0.25) is 9.59 Å². The summed E-state index contributed by atoms with van der Waals surface area (Å²) in [4.78, 5) is 27.6. The van der Waals surface area contributed by atoms with Crippen molar-refractivity contribution >= 4 is 27.7 Å². The fraction of sp³-hybridized carbons (Fsp3) is 0.462. The number of rotatable bonds is 12. The number of amides is 2. The van der Waals surface area contributed by atoms with E-state index in [1.165, 1.54) is 0 Å². The van der Waals surface area contributed by atoms with E-state index in [0.29, 0.717) is 37.7 Å². The number of hydrogen-bond donors (Lipinski definition) is 1. The van der Waals surface area contributed by atoms with E-state index in [1.54, 1.807) is 11.8 Å². The van der Waals surface area contributed by atoms with Gasteiger partial charge in [-0.25, -0.2) is 0 Å². The number of nitrogens with zero attached hydrogens (tertiary/aromatic N) is 1. The predicted octanol–water partition coefficient (Wildman–Crippen LogP) is 5.12. The molecular weight excluding hydrogens is 484 g/mol. The standard InChI is InChI=1S/C26H35BrN2O4/c1-6-32-23-13-11-20(16-24(23)33-7-2)12-14-25(30)29(19(5)26(31)28-18(3)4)17-21-9-8-10-22(27)15-21/h8-11,13,15-16,18-19H,6-7,12,14,17H2,1-5H3,(H,28,31)/t19-/m1/s1. The molecule has 0 unspecified atom stereocenters. The summed E-state index contributed by atoms with van der Waals surface area (Å²) in [6.07, 6.45) is 0.825. The summed E-state index contributed by atoms with van der Waals surface area (Å²) in [5.41, 5.74) is 1.94. The minimum atomic E-state index is -0.585. The Kier molecular flexibility index (Phi) is 10.7. The van der Waals surface area contributed by atoms with E-state index in [1.807, 2.05) is 70.2 Å². The van der Waals surface area contributed by atoms with E-state index in [0.717, 1.165) is 15.6 Å². The lowest BCUT2D eigenvalue weighted by Crippen LogP contribution is -2.49. The van der Waals surface area contributed by atoms with Crippen molar-refractivity contribution in [2.24, 2.45) is 0 Å². The van der Waals surface area contributed by atoms with E-state index in [2.05, 4.69) is 21.2 Å². The van der Waals surface area contributed by atoms with Crippen LogP contribution in [0, 0.1) is 0 Å². The number of carbonyl (C=O) groups excluding carboxylic acids is 2. The van der Waals surface area contributed by atoms with Crippen molar-refractivity contribution in [1.29, 1.82) is 0 Å². The summed E-state index contributed by atoms with van der Waals surface area (Å²) >= 11 is 3.48. The van der Waals surface area contributed by atoms with Gasteiger partial charge < -0.3 is 19.7 Å². The van der Waals surface area contributed by atoms with Crippen LogP contribution in [0.5, 0.6) is 11.5 Å². The summed E-state index contributed by atoms with van der Waals surface area (Å²) in [6, 6.07) is 13.0. The van der Waals surface area contributed by atoms with Crippen molar-refractivity contribution in [3.05, 3.63) is 58.1 Å². The van der Waals surface area contributed by atoms with Crippen LogP contribution in [0.1, 0.15) is 52.2 Å². The first-order chi connectivity index (χ1) is 15.7. The van der Waals surface area contributed by atoms with Crippen LogP contribution >= 0.6 is 15.9 Å². The Morgan fingerprint density at radius 3 is 2.30 bits per heavy atom. The smallest absolute Gasteiger partial charge is 0.242 e. The number of hydrogen-bond acceptors (Lipinski definition) is 4. The predicted molar refractivity (Wildman–Crippen MR) is 135 cm³/mol. The molecule has 0 radical (unpaired) electrons. The average molecular weight is 519 g/mol. The number of ether oxygens (including phenoxy) is 2. The van der Waals surface area contributed by atoms with Crippen LogP contribution in [0.15, 0.2) is 46.9 Å².